The van der Waals surface area contributed by atoms with E-state index in [0.717, 1.165) is 25.7 Å². The highest BCUT2D eigenvalue weighted by Crippen LogP contribution is 2.34. The first kappa shape index (κ1) is 21.9. The normalized spacial score (nSPS) is 16.7. The van der Waals surface area contributed by atoms with Gasteiger partial charge in [0.15, 0.2) is 11.5 Å². The third kappa shape index (κ3) is 4.49. The minimum atomic E-state index is -0.367. The molecule has 0 radical (unpaired) electrons. The van der Waals surface area contributed by atoms with Gasteiger partial charge in [0.2, 0.25) is 11.8 Å². The molecule has 0 spiro atoms. The van der Waals surface area contributed by atoms with Crippen LogP contribution in [-0.4, -0.2) is 58.4 Å². The van der Waals surface area contributed by atoms with Gasteiger partial charge in [0.05, 0.1) is 14.2 Å². The van der Waals surface area contributed by atoms with E-state index in [9.17, 15) is 14.4 Å². The van der Waals surface area contributed by atoms with Crippen molar-refractivity contribution >= 4 is 17.5 Å². The van der Waals surface area contributed by atoms with Crippen LogP contribution in [0, 0.1) is 5.92 Å². The highest BCUT2D eigenvalue weighted by molar-refractivity contribution is 5.90. The zero-order valence-electron chi connectivity index (χ0n) is 18.7. The number of hydrogen-bond acceptors (Lipinski definition) is 6. The fourth-order valence-corrected chi connectivity index (χ4v) is 4.16. The van der Waals surface area contributed by atoms with Crippen LogP contribution in [0.4, 0.5) is 5.69 Å². The average Bonchev–Trinajstić information content (AvgIpc) is 3.62. The number of piperidine rings is 1. The van der Waals surface area contributed by atoms with Crippen molar-refractivity contribution in [1.82, 2.24) is 19.2 Å². The largest absolute Gasteiger partial charge is 0.493 e. The SMILES string of the molecule is COc1ccc(NC(=O)Cn2nc(C3CCN(C(=O)C4CC4)CC3)n(C)c2=O)cc1OC. The first-order chi connectivity index (χ1) is 15.4. The van der Waals surface area contributed by atoms with E-state index >= 15 is 0 Å². The van der Waals surface area contributed by atoms with Gasteiger partial charge in [-0.15, -0.1) is 0 Å². The zero-order valence-corrected chi connectivity index (χ0v) is 18.7. The number of aromatic nitrogens is 3. The van der Waals surface area contributed by atoms with Crippen LogP contribution in [0.5, 0.6) is 11.5 Å². The Labute approximate surface area is 186 Å². The second-order valence-corrected chi connectivity index (χ2v) is 8.35. The predicted octanol–water partition coefficient (Wildman–Crippen LogP) is 1.35. The Morgan fingerprint density at radius 1 is 1.09 bits per heavy atom. The van der Waals surface area contributed by atoms with Gasteiger partial charge in [-0.05, 0) is 37.8 Å². The molecule has 1 aromatic carbocycles. The summed E-state index contributed by atoms with van der Waals surface area (Å²) in [6.45, 7) is 1.17. The molecule has 32 heavy (non-hydrogen) atoms. The van der Waals surface area contributed by atoms with Crippen LogP contribution in [0.1, 0.15) is 37.4 Å². The summed E-state index contributed by atoms with van der Waals surface area (Å²) in [4.78, 5) is 39.4. The van der Waals surface area contributed by atoms with Crippen molar-refractivity contribution in [1.29, 1.82) is 0 Å². The molecule has 4 rings (SSSR count). The fraction of sp³-hybridized carbons (Fsp3) is 0.545. The number of nitrogens with one attached hydrogen (secondary N) is 1. The molecular formula is C22H29N5O5. The number of hydrogen-bond donors (Lipinski definition) is 1. The lowest BCUT2D eigenvalue weighted by Gasteiger charge is -2.31. The molecule has 1 saturated carbocycles. The van der Waals surface area contributed by atoms with Gasteiger partial charge in [0.25, 0.3) is 0 Å². The van der Waals surface area contributed by atoms with E-state index in [1.165, 1.54) is 23.5 Å². The van der Waals surface area contributed by atoms with Crippen LogP contribution in [0.15, 0.2) is 23.0 Å². The predicted molar refractivity (Wildman–Crippen MR) is 117 cm³/mol. The Bertz CT molecular complexity index is 1060. The van der Waals surface area contributed by atoms with E-state index in [0.29, 0.717) is 36.1 Å². The van der Waals surface area contributed by atoms with Crippen molar-refractivity contribution in [3.63, 3.8) is 0 Å². The number of carbonyl (C=O) groups excluding carboxylic acids is 2. The number of amides is 2. The number of methoxy groups -OCH3 is 2. The van der Waals surface area contributed by atoms with E-state index in [4.69, 9.17) is 9.47 Å². The molecule has 2 aromatic rings. The number of anilines is 1. The van der Waals surface area contributed by atoms with Crippen molar-refractivity contribution in [3.05, 3.63) is 34.5 Å². The molecule has 2 aliphatic rings. The monoisotopic (exact) mass is 443 g/mol. The standard InChI is InChI=1S/C22H29N5O5/c1-25-20(14-8-10-26(11-9-14)21(29)15-4-5-15)24-27(22(25)30)13-19(28)23-16-6-7-17(31-2)18(12-16)32-3/h6-7,12,14-15H,4-5,8-11,13H2,1-3H3,(H,23,28). The van der Waals surface area contributed by atoms with Gasteiger partial charge < -0.3 is 19.7 Å². The van der Waals surface area contributed by atoms with Crippen molar-refractivity contribution in [2.75, 3.05) is 32.6 Å². The maximum atomic E-state index is 12.7. The highest BCUT2D eigenvalue weighted by atomic mass is 16.5. The van der Waals surface area contributed by atoms with E-state index in [2.05, 4.69) is 10.4 Å². The second kappa shape index (κ2) is 9.05. The summed E-state index contributed by atoms with van der Waals surface area (Å²) in [5.74, 6) is 1.91. The molecular weight excluding hydrogens is 414 g/mol. The van der Waals surface area contributed by atoms with Crippen molar-refractivity contribution in [3.8, 4) is 11.5 Å². The molecule has 0 unspecified atom stereocenters. The maximum absolute atomic E-state index is 12.7. The van der Waals surface area contributed by atoms with Crippen molar-refractivity contribution in [2.24, 2.45) is 13.0 Å². The van der Waals surface area contributed by atoms with Crippen LogP contribution >= 0.6 is 0 Å². The van der Waals surface area contributed by atoms with Crippen LogP contribution in [-0.2, 0) is 23.2 Å². The highest BCUT2D eigenvalue weighted by Gasteiger charge is 2.36. The third-order valence-corrected chi connectivity index (χ3v) is 6.13. The van der Waals surface area contributed by atoms with E-state index < -0.39 is 0 Å². The zero-order chi connectivity index (χ0) is 22.8. The molecule has 1 saturated heterocycles. The molecule has 1 aliphatic heterocycles. The van der Waals surface area contributed by atoms with Gasteiger partial charge in [0, 0.05) is 43.7 Å². The molecule has 172 valence electrons. The first-order valence-corrected chi connectivity index (χ1v) is 10.9. The van der Waals surface area contributed by atoms with Crippen LogP contribution in [0.25, 0.3) is 0 Å². The number of rotatable bonds is 7. The molecule has 1 aromatic heterocycles. The van der Waals surface area contributed by atoms with E-state index in [-0.39, 0.29) is 35.9 Å². The smallest absolute Gasteiger partial charge is 0.346 e. The lowest BCUT2D eigenvalue weighted by molar-refractivity contribution is -0.133. The number of carbonyl (C=O) groups is 2. The third-order valence-electron chi connectivity index (χ3n) is 6.13. The van der Waals surface area contributed by atoms with Crippen LogP contribution < -0.4 is 20.5 Å². The molecule has 10 nitrogen and oxygen atoms in total. The maximum Gasteiger partial charge on any atom is 0.346 e. The minimum Gasteiger partial charge on any atom is -0.493 e. The van der Waals surface area contributed by atoms with Crippen LogP contribution in [0.3, 0.4) is 0 Å². The summed E-state index contributed by atoms with van der Waals surface area (Å²) in [5, 5.41) is 7.21. The summed E-state index contributed by atoms with van der Waals surface area (Å²) >= 11 is 0. The average molecular weight is 444 g/mol. The topological polar surface area (TPSA) is 108 Å². The number of nitrogens with zero attached hydrogens (tertiary/aromatic N) is 4. The summed E-state index contributed by atoms with van der Waals surface area (Å²) < 4.78 is 13.1. The van der Waals surface area contributed by atoms with Gasteiger partial charge in [-0.2, -0.15) is 5.10 Å². The molecule has 2 amide bonds. The van der Waals surface area contributed by atoms with Gasteiger partial charge in [-0.1, -0.05) is 0 Å². The molecule has 1 N–H and O–H groups in total. The molecule has 10 heteroatoms. The molecule has 0 atom stereocenters. The first-order valence-electron chi connectivity index (χ1n) is 10.9. The van der Waals surface area contributed by atoms with Gasteiger partial charge in [-0.3, -0.25) is 14.2 Å². The van der Waals surface area contributed by atoms with E-state index in [1.807, 2.05) is 4.90 Å². The van der Waals surface area contributed by atoms with E-state index in [1.54, 1.807) is 25.2 Å². The Kier molecular flexibility index (Phi) is 6.20. The quantitative estimate of drug-likeness (QED) is 0.692. The Balaban J connectivity index is 1.40. The number of likely N-dealkylation sites (tertiary alicyclic amines) is 1. The van der Waals surface area contributed by atoms with Gasteiger partial charge >= 0.3 is 5.69 Å². The Morgan fingerprint density at radius 3 is 2.41 bits per heavy atom. The second-order valence-electron chi connectivity index (χ2n) is 8.35. The molecule has 2 fully saturated rings. The van der Waals surface area contributed by atoms with Gasteiger partial charge in [-0.25, -0.2) is 9.48 Å². The Morgan fingerprint density at radius 2 is 1.78 bits per heavy atom. The molecule has 0 bridgehead atoms. The minimum absolute atomic E-state index is 0.0890. The van der Waals surface area contributed by atoms with Crippen molar-refractivity contribution in [2.45, 2.75) is 38.1 Å². The molecule has 2 heterocycles. The number of ether oxygens (including phenoxy) is 2. The lowest BCUT2D eigenvalue weighted by Crippen LogP contribution is -2.39. The fourth-order valence-electron chi connectivity index (χ4n) is 4.16. The lowest BCUT2D eigenvalue weighted by atomic mass is 9.95. The summed E-state index contributed by atoms with van der Waals surface area (Å²) in [6, 6.07) is 5.04. The molecule has 1 aliphatic carbocycles. The summed E-state index contributed by atoms with van der Waals surface area (Å²) in [7, 11) is 4.73. The Hall–Kier alpha value is -3.30. The summed E-state index contributed by atoms with van der Waals surface area (Å²) in [5.41, 5.74) is 0.198. The van der Waals surface area contributed by atoms with Gasteiger partial charge in [0.1, 0.15) is 12.4 Å². The van der Waals surface area contributed by atoms with Crippen molar-refractivity contribution < 1.29 is 19.1 Å². The van der Waals surface area contributed by atoms with Crippen LogP contribution in [0.2, 0.25) is 0 Å². The summed E-state index contributed by atoms with van der Waals surface area (Å²) in [6.07, 6.45) is 3.53. The number of benzene rings is 1.